The predicted molar refractivity (Wildman–Crippen MR) is 30.9 cm³/mol. The molecule has 0 aromatic heterocycles. The number of hydrogen-bond acceptors (Lipinski definition) is 0. The largest absolute Gasteiger partial charge is 2.00 e. The second kappa shape index (κ2) is 6.22. The Balaban J connectivity index is 0. The minimum atomic E-state index is 0. The van der Waals surface area contributed by atoms with E-state index in [-0.39, 0.29) is 34.1 Å². The maximum absolute atomic E-state index is 3.72. The van der Waals surface area contributed by atoms with Gasteiger partial charge in [-0.25, -0.2) is 0 Å². The van der Waals surface area contributed by atoms with Crippen molar-refractivity contribution >= 4 is 0 Å². The molecule has 0 saturated carbocycles. The maximum Gasteiger partial charge on any atom is 2.00 e. The van der Waals surface area contributed by atoms with Crippen molar-refractivity contribution in [2.24, 2.45) is 0 Å². The van der Waals surface area contributed by atoms with Crippen molar-refractivity contribution in [2.75, 3.05) is 0 Å². The van der Waals surface area contributed by atoms with E-state index in [2.05, 4.69) is 6.92 Å². The third-order valence-electron chi connectivity index (χ3n) is 0.843. The molecule has 1 aromatic carbocycles. The van der Waals surface area contributed by atoms with Crippen LogP contribution in [0.15, 0.2) is 30.3 Å². The summed E-state index contributed by atoms with van der Waals surface area (Å²) in [4.78, 5) is 0. The van der Waals surface area contributed by atoms with Crippen LogP contribution in [-0.2, 0) is 21.7 Å². The summed E-state index contributed by atoms with van der Waals surface area (Å²) in [6.07, 6.45) is 0. The van der Waals surface area contributed by atoms with Gasteiger partial charge in [0.25, 0.3) is 0 Å². The van der Waals surface area contributed by atoms with E-state index in [0.717, 1.165) is 5.56 Å². The molecule has 0 saturated heterocycles. The van der Waals surface area contributed by atoms with Gasteiger partial charge in [0.05, 0.1) is 0 Å². The quantitative estimate of drug-likeness (QED) is 0.345. The summed E-state index contributed by atoms with van der Waals surface area (Å²) in [5.74, 6) is 0. The summed E-state index contributed by atoms with van der Waals surface area (Å²) in [5, 5.41) is 0. The average molecular weight is 174 g/mol. The minimum absolute atomic E-state index is 0. The van der Waals surface area contributed by atoms with Gasteiger partial charge in [0, 0.05) is 0 Å². The van der Waals surface area contributed by atoms with E-state index in [4.69, 9.17) is 0 Å². The summed E-state index contributed by atoms with van der Waals surface area (Å²) < 4.78 is 0. The normalized spacial score (nSPS) is 6.67. The molecule has 0 radical (unpaired) electrons. The molecule has 0 N–H and O–H groups in total. The number of halogens is 1. The summed E-state index contributed by atoms with van der Waals surface area (Å²) in [5.41, 5.74) is 1.07. The molecule has 0 fully saturated rings. The third-order valence-corrected chi connectivity index (χ3v) is 0.843. The van der Waals surface area contributed by atoms with Gasteiger partial charge < -0.3 is 12.4 Å². The Hall–Kier alpha value is 0.0943. The van der Waals surface area contributed by atoms with Crippen molar-refractivity contribution in [3.05, 3.63) is 42.8 Å². The Morgan fingerprint density at radius 1 is 1.00 bits per heavy atom. The van der Waals surface area contributed by atoms with Crippen LogP contribution in [0.3, 0.4) is 0 Å². The molecule has 0 heterocycles. The number of rotatable bonds is 0. The minimum Gasteiger partial charge on any atom is -1.00 e. The molecular formula is C7H7ClTi. The van der Waals surface area contributed by atoms with Crippen molar-refractivity contribution in [3.8, 4) is 0 Å². The molecule has 1 aromatic rings. The van der Waals surface area contributed by atoms with Crippen molar-refractivity contribution in [1.82, 2.24) is 0 Å². The SMILES string of the molecule is [CH2-]c1ccccc1.[Cl-].[Ti+2]. The zero-order valence-electron chi connectivity index (χ0n) is 4.97. The molecule has 0 bridgehead atoms. The molecule has 2 heteroatoms. The molecule has 0 nitrogen and oxygen atoms in total. The molecule has 46 valence electrons. The van der Waals surface area contributed by atoms with E-state index >= 15 is 0 Å². The van der Waals surface area contributed by atoms with Gasteiger partial charge in [-0.15, -0.1) is 12.1 Å². The molecular weight excluding hydrogens is 167 g/mol. The standard InChI is InChI=1S/C7H7.ClH.Ti/c1-7-5-3-2-4-6-7;;/h2-6H,1H2;1H;/q-1;;+2/p-1. The van der Waals surface area contributed by atoms with E-state index in [1.807, 2.05) is 30.3 Å². The van der Waals surface area contributed by atoms with E-state index in [1.165, 1.54) is 0 Å². The summed E-state index contributed by atoms with van der Waals surface area (Å²) in [7, 11) is 0. The van der Waals surface area contributed by atoms with Gasteiger partial charge in [-0.3, -0.25) is 0 Å². The van der Waals surface area contributed by atoms with Gasteiger partial charge in [0.1, 0.15) is 0 Å². The first-order valence-corrected chi connectivity index (χ1v) is 2.26. The molecule has 0 atom stereocenters. The van der Waals surface area contributed by atoms with Crippen LogP contribution in [0.4, 0.5) is 0 Å². The van der Waals surface area contributed by atoms with E-state index in [1.54, 1.807) is 0 Å². The fourth-order valence-electron chi connectivity index (χ4n) is 0.478. The average Bonchev–Trinajstić information content (AvgIpc) is 1.69. The van der Waals surface area contributed by atoms with Crippen LogP contribution in [0.25, 0.3) is 0 Å². The Morgan fingerprint density at radius 3 is 1.67 bits per heavy atom. The predicted octanol–water partition coefficient (Wildman–Crippen LogP) is -1.13. The Kier molecular flexibility index (Phi) is 8.18. The number of benzene rings is 1. The molecule has 0 unspecified atom stereocenters. The fraction of sp³-hybridized carbons (Fsp3) is 0. The molecule has 0 spiro atoms. The second-order valence-corrected chi connectivity index (χ2v) is 1.49. The first kappa shape index (κ1) is 11.8. The van der Waals surface area contributed by atoms with Crippen LogP contribution in [0.5, 0.6) is 0 Å². The van der Waals surface area contributed by atoms with E-state index in [0.29, 0.717) is 0 Å². The fourth-order valence-corrected chi connectivity index (χ4v) is 0.478. The van der Waals surface area contributed by atoms with Crippen molar-refractivity contribution < 1.29 is 34.1 Å². The van der Waals surface area contributed by atoms with Crippen LogP contribution in [-0.4, -0.2) is 0 Å². The van der Waals surface area contributed by atoms with Crippen LogP contribution < -0.4 is 12.4 Å². The maximum atomic E-state index is 3.72. The molecule has 1 rings (SSSR count). The Morgan fingerprint density at radius 2 is 1.44 bits per heavy atom. The van der Waals surface area contributed by atoms with E-state index in [9.17, 15) is 0 Å². The first-order valence-electron chi connectivity index (χ1n) is 2.26. The second-order valence-electron chi connectivity index (χ2n) is 1.49. The first-order chi connectivity index (χ1) is 3.39. The van der Waals surface area contributed by atoms with Gasteiger partial charge in [-0.05, 0) is 0 Å². The smallest absolute Gasteiger partial charge is 1.00 e. The molecule has 0 aliphatic heterocycles. The van der Waals surface area contributed by atoms with Crippen LogP contribution >= 0.6 is 0 Å². The third kappa shape index (κ3) is 4.59. The molecule has 0 amide bonds. The van der Waals surface area contributed by atoms with Gasteiger partial charge in [-0.2, -0.15) is 24.6 Å². The zero-order valence-corrected chi connectivity index (χ0v) is 7.29. The molecule has 9 heavy (non-hydrogen) atoms. The van der Waals surface area contributed by atoms with Crippen LogP contribution in [0, 0.1) is 6.92 Å². The van der Waals surface area contributed by atoms with Crippen LogP contribution in [0.2, 0.25) is 0 Å². The zero-order chi connectivity index (χ0) is 5.11. The molecule has 0 aliphatic carbocycles. The van der Waals surface area contributed by atoms with Gasteiger partial charge in [-0.1, -0.05) is 6.07 Å². The van der Waals surface area contributed by atoms with Crippen molar-refractivity contribution in [3.63, 3.8) is 0 Å². The Labute approximate surface area is 77.0 Å². The topological polar surface area (TPSA) is 0 Å². The molecule has 0 aliphatic rings. The van der Waals surface area contributed by atoms with Crippen molar-refractivity contribution in [1.29, 1.82) is 0 Å². The summed E-state index contributed by atoms with van der Waals surface area (Å²) >= 11 is 0. The monoisotopic (exact) mass is 174 g/mol. The van der Waals surface area contributed by atoms with Crippen molar-refractivity contribution in [2.45, 2.75) is 0 Å². The summed E-state index contributed by atoms with van der Waals surface area (Å²) in [6, 6.07) is 9.87. The Bertz CT molecular complexity index is 139. The summed E-state index contributed by atoms with van der Waals surface area (Å²) in [6.45, 7) is 3.72. The van der Waals surface area contributed by atoms with Gasteiger partial charge in [0.2, 0.25) is 0 Å². The van der Waals surface area contributed by atoms with Crippen LogP contribution in [0.1, 0.15) is 5.56 Å². The van der Waals surface area contributed by atoms with Gasteiger partial charge in [0.15, 0.2) is 0 Å². The van der Waals surface area contributed by atoms with E-state index < -0.39 is 0 Å². The van der Waals surface area contributed by atoms with Gasteiger partial charge >= 0.3 is 21.7 Å². The number of hydrogen-bond donors (Lipinski definition) is 0.